The molecule has 1 aromatic heterocycles. The lowest BCUT2D eigenvalue weighted by molar-refractivity contribution is 0.236. The van der Waals surface area contributed by atoms with Gasteiger partial charge in [-0.25, -0.2) is 13.1 Å². The zero-order chi connectivity index (χ0) is 15.0. The van der Waals surface area contributed by atoms with Gasteiger partial charge >= 0.3 is 0 Å². The molecule has 118 valence electrons. The number of anilines is 2. The number of rotatable bonds is 3. The van der Waals surface area contributed by atoms with Crippen molar-refractivity contribution in [2.24, 2.45) is 5.92 Å². The molecule has 0 aromatic carbocycles. The highest BCUT2D eigenvalue weighted by molar-refractivity contribution is 7.91. The maximum Gasteiger partial charge on any atom is 0.182 e. The number of sulfone groups is 1. The van der Waals surface area contributed by atoms with E-state index in [0.717, 1.165) is 26.1 Å². The minimum absolute atomic E-state index is 0.261. The summed E-state index contributed by atoms with van der Waals surface area (Å²) in [6, 6.07) is 0.261. The lowest BCUT2D eigenvalue weighted by Crippen LogP contribution is -2.38. The third-order valence-corrected chi connectivity index (χ3v) is 5.53. The molecular weight excluding hydrogens is 290 g/mol. The van der Waals surface area contributed by atoms with Gasteiger partial charge in [0, 0.05) is 19.8 Å². The van der Waals surface area contributed by atoms with Crippen LogP contribution in [0.5, 0.6) is 0 Å². The van der Waals surface area contributed by atoms with E-state index in [-0.39, 0.29) is 6.04 Å². The third kappa shape index (κ3) is 2.62. The lowest BCUT2D eigenvalue weighted by Gasteiger charge is -2.34. The van der Waals surface area contributed by atoms with Gasteiger partial charge in [0.2, 0.25) is 0 Å². The van der Waals surface area contributed by atoms with Gasteiger partial charge in [-0.05, 0) is 38.3 Å². The minimum atomic E-state index is -3.32. The van der Waals surface area contributed by atoms with E-state index in [1.165, 1.54) is 19.1 Å². The Labute approximate surface area is 125 Å². The maximum absolute atomic E-state index is 12.1. The molecule has 0 amide bonds. The summed E-state index contributed by atoms with van der Waals surface area (Å²) >= 11 is 0. The predicted molar refractivity (Wildman–Crippen MR) is 82.6 cm³/mol. The minimum Gasteiger partial charge on any atom is -0.371 e. The van der Waals surface area contributed by atoms with Crippen molar-refractivity contribution in [3.63, 3.8) is 0 Å². The number of fused-ring (bicyclic) bond motifs is 1. The van der Waals surface area contributed by atoms with E-state index in [4.69, 9.17) is 0 Å². The Morgan fingerprint density at radius 1 is 1.33 bits per heavy atom. The molecule has 1 aromatic rings. The summed E-state index contributed by atoms with van der Waals surface area (Å²) in [6.45, 7) is 2.84. The van der Waals surface area contributed by atoms with E-state index in [2.05, 4.69) is 21.0 Å². The topological polar surface area (TPSA) is 88.0 Å². The second kappa shape index (κ2) is 5.49. The molecule has 2 aliphatic rings. The molecule has 21 heavy (non-hydrogen) atoms. The van der Waals surface area contributed by atoms with E-state index in [9.17, 15) is 8.42 Å². The molecule has 0 saturated carbocycles. The van der Waals surface area contributed by atoms with Gasteiger partial charge in [-0.15, -0.1) is 0 Å². The Bertz CT molecular complexity index is 619. The molecule has 7 nitrogen and oxygen atoms in total. The highest BCUT2D eigenvalue weighted by atomic mass is 32.2. The van der Waals surface area contributed by atoms with Crippen molar-refractivity contribution in [3.05, 3.63) is 0 Å². The van der Waals surface area contributed by atoms with Gasteiger partial charge in [-0.2, -0.15) is 5.10 Å². The molecule has 3 N–H and O–H groups in total. The monoisotopic (exact) mass is 313 g/mol. The third-order valence-electron chi connectivity index (χ3n) is 4.40. The molecule has 0 radical (unpaired) electrons. The summed E-state index contributed by atoms with van der Waals surface area (Å²) in [6.07, 6.45) is 4.55. The van der Waals surface area contributed by atoms with Crippen LogP contribution in [0.4, 0.5) is 11.6 Å². The molecule has 1 saturated heterocycles. The Morgan fingerprint density at radius 2 is 2.14 bits per heavy atom. The number of hydrogen-bond acceptors (Lipinski definition) is 6. The number of nitrogens with zero attached hydrogens (tertiary/aromatic N) is 2. The van der Waals surface area contributed by atoms with Gasteiger partial charge in [0.15, 0.2) is 20.6 Å². The van der Waals surface area contributed by atoms with Crippen LogP contribution in [-0.4, -0.2) is 51.1 Å². The molecule has 0 aliphatic carbocycles. The normalized spacial score (nSPS) is 26.0. The fourth-order valence-corrected chi connectivity index (χ4v) is 4.45. The Hall–Kier alpha value is -1.28. The van der Waals surface area contributed by atoms with Gasteiger partial charge in [0.25, 0.3) is 0 Å². The number of piperidine rings is 1. The Balaban J connectivity index is 2.04. The molecule has 8 heteroatoms. The Morgan fingerprint density at radius 3 is 2.76 bits per heavy atom. The molecule has 2 unspecified atom stereocenters. The number of aromatic nitrogens is 2. The Kier molecular flexibility index (Phi) is 3.83. The SMILES string of the molecule is CNc1nn2c(c1S(C)(=O)=O)NCCC2C1CCCNC1. The predicted octanol–water partition coefficient (Wildman–Crippen LogP) is 0.685. The summed E-state index contributed by atoms with van der Waals surface area (Å²) < 4.78 is 26.1. The molecule has 3 heterocycles. The lowest BCUT2D eigenvalue weighted by atomic mass is 9.89. The van der Waals surface area contributed by atoms with Crippen LogP contribution in [0, 0.1) is 5.92 Å². The van der Waals surface area contributed by atoms with Crippen molar-refractivity contribution in [2.75, 3.05) is 43.6 Å². The highest BCUT2D eigenvalue weighted by Crippen LogP contribution is 2.39. The summed E-state index contributed by atoms with van der Waals surface area (Å²) in [4.78, 5) is 0.290. The fourth-order valence-electron chi connectivity index (χ4n) is 3.44. The van der Waals surface area contributed by atoms with Crippen molar-refractivity contribution in [1.82, 2.24) is 15.1 Å². The van der Waals surface area contributed by atoms with Crippen molar-refractivity contribution in [2.45, 2.75) is 30.2 Å². The number of hydrogen-bond donors (Lipinski definition) is 3. The van der Waals surface area contributed by atoms with Crippen LogP contribution in [0.25, 0.3) is 0 Å². The first-order valence-corrected chi connectivity index (χ1v) is 9.36. The van der Waals surface area contributed by atoms with Gasteiger partial charge in [-0.3, -0.25) is 0 Å². The van der Waals surface area contributed by atoms with Gasteiger partial charge in [-0.1, -0.05) is 0 Å². The van der Waals surface area contributed by atoms with Crippen LogP contribution in [0.3, 0.4) is 0 Å². The standard InChI is InChI=1S/C13H23N5O2S/c1-14-12-11(21(2,19)20)13-16-7-5-10(18(13)17-12)9-4-3-6-15-8-9/h9-10,15-16H,3-8H2,1-2H3,(H,14,17). The average molecular weight is 313 g/mol. The zero-order valence-corrected chi connectivity index (χ0v) is 13.3. The molecule has 2 atom stereocenters. The van der Waals surface area contributed by atoms with E-state index in [0.29, 0.717) is 22.4 Å². The average Bonchev–Trinajstić information content (AvgIpc) is 2.86. The summed E-state index contributed by atoms with van der Waals surface area (Å²) in [5.41, 5.74) is 0. The van der Waals surface area contributed by atoms with Crippen molar-refractivity contribution in [1.29, 1.82) is 0 Å². The first-order valence-electron chi connectivity index (χ1n) is 7.47. The second-order valence-corrected chi connectivity index (χ2v) is 7.83. The molecule has 2 aliphatic heterocycles. The largest absolute Gasteiger partial charge is 0.371 e. The second-order valence-electron chi connectivity index (χ2n) is 5.88. The van der Waals surface area contributed by atoms with Crippen LogP contribution in [-0.2, 0) is 9.84 Å². The van der Waals surface area contributed by atoms with Crippen LogP contribution < -0.4 is 16.0 Å². The van der Waals surface area contributed by atoms with Crippen LogP contribution >= 0.6 is 0 Å². The van der Waals surface area contributed by atoms with Gasteiger partial charge in [0.1, 0.15) is 5.82 Å². The van der Waals surface area contributed by atoms with E-state index in [1.807, 2.05) is 4.68 Å². The smallest absolute Gasteiger partial charge is 0.182 e. The zero-order valence-electron chi connectivity index (χ0n) is 12.5. The fraction of sp³-hybridized carbons (Fsp3) is 0.769. The summed E-state index contributed by atoms with van der Waals surface area (Å²) in [5, 5.41) is 14.1. The van der Waals surface area contributed by atoms with Crippen LogP contribution in [0.2, 0.25) is 0 Å². The molecular formula is C13H23N5O2S. The van der Waals surface area contributed by atoms with Crippen LogP contribution in [0.1, 0.15) is 25.3 Å². The highest BCUT2D eigenvalue weighted by Gasteiger charge is 2.34. The molecule has 0 bridgehead atoms. The first kappa shape index (κ1) is 14.6. The quantitative estimate of drug-likeness (QED) is 0.761. The first-order chi connectivity index (χ1) is 10.0. The van der Waals surface area contributed by atoms with Gasteiger partial charge < -0.3 is 16.0 Å². The molecule has 1 fully saturated rings. The van der Waals surface area contributed by atoms with Crippen molar-refractivity contribution >= 4 is 21.5 Å². The molecule has 0 spiro atoms. The maximum atomic E-state index is 12.1. The van der Waals surface area contributed by atoms with E-state index in [1.54, 1.807) is 7.05 Å². The van der Waals surface area contributed by atoms with Gasteiger partial charge in [0.05, 0.1) is 6.04 Å². The van der Waals surface area contributed by atoms with E-state index >= 15 is 0 Å². The van der Waals surface area contributed by atoms with Crippen molar-refractivity contribution in [3.8, 4) is 0 Å². The van der Waals surface area contributed by atoms with Crippen LogP contribution in [0.15, 0.2) is 4.90 Å². The summed E-state index contributed by atoms with van der Waals surface area (Å²) in [5.74, 6) is 1.59. The number of nitrogens with one attached hydrogen (secondary N) is 3. The molecule has 3 rings (SSSR count). The van der Waals surface area contributed by atoms with E-state index < -0.39 is 9.84 Å². The summed E-state index contributed by atoms with van der Waals surface area (Å²) in [7, 11) is -1.61. The van der Waals surface area contributed by atoms with Crippen molar-refractivity contribution < 1.29 is 8.42 Å².